The molecule has 0 atom stereocenters. The highest BCUT2D eigenvalue weighted by Gasteiger charge is 2.05. The average Bonchev–Trinajstić information content (AvgIpc) is 2.75. The van der Waals surface area contributed by atoms with E-state index in [2.05, 4.69) is 0 Å². The Labute approximate surface area is 97.7 Å². The number of benzene rings is 1. The molecule has 0 saturated heterocycles. The van der Waals surface area contributed by atoms with Crippen molar-refractivity contribution in [2.45, 2.75) is 5.03 Å². The third-order valence-corrected chi connectivity index (χ3v) is 3.11. The predicted octanol–water partition coefficient (Wildman–Crippen LogP) is 2.65. The zero-order valence-corrected chi connectivity index (χ0v) is 9.35. The summed E-state index contributed by atoms with van der Waals surface area (Å²) in [5.74, 6) is -0.720. The number of aliphatic carboxylic acids is 1. The van der Waals surface area contributed by atoms with Gasteiger partial charge in [-0.1, -0.05) is 30.0 Å². The minimum Gasteiger partial charge on any atom is -0.481 e. The highest BCUT2D eigenvalue weighted by Crippen LogP contribution is 2.22. The maximum Gasteiger partial charge on any atom is 0.313 e. The van der Waals surface area contributed by atoms with Crippen molar-refractivity contribution in [1.82, 2.24) is 4.57 Å². The highest BCUT2D eigenvalue weighted by molar-refractivity contribution is 7.99. The van der Waals surface area contributed by atoms with Gasteiger partial charge in [-0.3, -0.25) is 4.79 Å². The molecule has 3 nitrogen and oxygen atoms in total. The van der Waals surface area contributed by atoms with Gasteiger partial charge in [0.05, 0.1) is 10.8 Å². The minimum absolute atomic E-state index is 0.0802. The fraction of sp³-hybridized carbons (Fsp3) is 0.0833. The summed E-state index contributed by atoms with van der Waals surface area (Å²) < 4.78 is 1.98. The van der Waals surface area contributed by atoms with Gasteiger partial charge in [-0.2, -0.15) is 0 Å². The maximum atomic E-state index is 10.5. The second kappa shape index (κ2) is 4.90. The SMILES string of the molecule is O=C(O)CSc1cccn1-c1ccccc1. The Hall–Kier alpha value is -1.68. The third kappa shape index (κ3) is 2.46. The molecule has 0 unspecified atom stereocenters. The van der Waals surface area contributed by atoms with Gasteiger partial charge in [0.25, 0.3) is 0 Å². The summed E-state index contributed by atoms with van der Waals surface area (Å²) in [4.78, 5) is 10.5. The molecule has 82 valence electrons. The Morgan fingerprint density at radius 1 is 1.19 bits per heavy atom. The Kier molecular flexibility index (Phi) is 3.31. The Morgan fingerprint density at radius 3 is 2.62 bits per heavy atom. The molecule has 1 heterocycles. The topological polar surface area (TPSA) is 42.2 Å². The van der Waals surface area contributed by atoms with Crippen molar-refractivity contribution in [3.8, 4) is 5.69 Å². The lowest BCUT2D eigenvalue weighted by Crippen LogP contribution is -2.00. The van der Waals surface area contributed by atoms with E-state index in [1.54, 1.807) is 0 Å². The van der Waals surface area contributed by atoms with Crippen molar-refractivity contribution in [3.63, 3.8) is 0 Å². The number of aromatic nitrogens is 1. The van der Waals surface area contributed by atoms with Gasteiger partial charge in [0.2, 0.25) is 0 Å². The molecule has 1 N–H and O–H groups in total. The zero-order chi connectivity index (χ0) is 11.4. The lowest BCUT2D eigenvalue weighted by Gasteiger charge is -2.07. The fourth-order valence-corrected chi connectivity index (χ4v) is 2.17. The summed E-state index contributed by atoms with van der Waals surface area (Å²) in [6.07, 6.45) is 1.93. The van der Waals surface area contributed by atoms with Gasteiger partial charge in [0.15, 0.2) is 0 Å². The van der Waals surface area contributed by atoms with Crippen LogP contribution >= 0.6 is 11.8 Å². The van der Waals surface area contributed by atoms with E-state index in [0.717, 1.165) is 10.7 Å². The van der Waals surface area contributed by atoms with E-state index in [9.17, 15) is 4.79 Å². The molecule has 0 saturated carbocycles. The lowest BCUT2D eigenvalue weighted by atomic mass is 10.3. The van der Waals surface area contributed by atoms with Gasteiger partial charge in [-0.15, -0.1) is 0 Å². The Morgan fingerprint density at radius 2 is 1.94 bits per heavy atom. The highest BCUT2D eigenvalue weighted by atomic mass is 32.2. The monoisotopic (exact) mass is 233 g/mol. The van der Waals surface area contributed by atoms with Crippen LogP contribution in [0.5, 0.6) is 0 Å². The van der Waals surface area contributed by atoms with Crippen molar-refractivity contribution in [2.24, 2.45) is 0 Å². The van der Waals surface area contributed by atoms with Crippen LogP contribution in [-0.4, -0.2) is 21.4 Å². The van der Waals surface area contributed by atoms with E-state index >= 15 is 0 Å². The van der Waals surface area contributed by atoms with Crippen LogP contribution in [0.4, 0.5) is 0 Å². The summed E-state index contributed by atoms with van der Waals surface area (Å²) in [5.41, 5.74) is 1.04. The molecule has 2 aromatic rings. The largest absolute Gasteiger partial charge is 0.481 e. The summed E-state index contributed by atoms with van der Waals surface area (Å²) >= 11 is 1.32. The van der Waals surface area contributed by atoms with Crippen LogP contribution in [0.2, 0.25) is 0 Å². The first-order valence-corrected chi connectivity index (χ1v) is 5.83. The second-order valence-electron chi connectivity index (χ2n) is 3.23. The van der Waals surface area contributed by atoms with Crippen molar-refractivity contribution in [3.05, 3.63) is 48.7 Å². The van der Waals surface area contributed by atoms with Crippen molar-refractivity contribution in [1.29, 1.82) is 0 Å². The van der Waals surface area contributed by atoms with Crippen LogP contribution in [0.15, 0.2) is 53.7 Å². The first kappa shape index (κ1) is 10.8. The first-order valence-electron chi connectivity index (χ1n) is 4.85. The second-order valence-corrected chi connectivity index (χ2v) is 4.23. The molecule has 0 aliphatic heterocycles. The summed E-state index contributed by atoms with van der Waals surface area (Å²) in [7, 11) is 0. The molecule has 0 fully saturated rings. The average molecular weight is 233 g/mol. The van der Waals surface area contributed by atoms with E-state index in [-0.39, 0.29) is 5.75 Å². The number of hydrogen-bond donors (Lipinski definition) is 1. The van der Waals surface area contributed by atoms with Gasteiger partial charge in [0.1, 0.15) is 0 Å². The van der Waals surface area contributed by atoms with Crippen molar-refractivity contribution >= 4 is 17.7 Å². The zero-order valence-electron chi connectivity index (χ0n) is 8.54. The molecule has 0 bridgehead atoms. The summed E-state index contributed by atoms with van der Waals surface area (Å²) in [6.45, 7) is 0. The van der Waals surface area contributed by atoms with E-state index in [1.807, 2.05) is 53.2 Å². The number of carboxylic acids is 1. The van der Waals surface area contributed by atoms with Crippen LogP contribution in [0.1, 0.15) is 0 Å². The Bertz CT molecular complexity index is 479. The van der Waals surface area contributed by atoms with Gasteiger partial charge >= 0.3 is 5.97 Å². The van der Waals surface area contributed by atoms with Crippen LogP contribution < -0.4 is 0 Å². The first-order chi connectivity index (χ1) is 7.77. The van der Waals surface area contributed by atoms with E-state index in [1.165, 1.54) is 11.8 Å². The molecule has 1 aromatic carbocycles. The van der Waals surface area contributed by atoms with Gasteiger partial charge in [-0.05, 0) is 24.3 Å². The quantitative estimate of drug-likeness (QED) is 0.825. The van der Waals surface area contributed by atoms with Gasteiger partial charge in [-0.25, -0.2) is 0 Å². The number of rotatable bonds is 4. The molecular formula is C12H11NO2S. The minimum atomic E-state index is -0.800. The number of carboxylic acid groups (broad SMARTS) is 1. The van der Waals surface area contributed by atoms with Crippen molar-refractivity contribution in [2.75, 3.05) is 5.75 Å². The summed E-state index contributed by atoms with van der Waals surface area (Å²) in [6, 6.07) is 13.7. The Balaban J connectivity index is 2.23. The molecule has 0 amide bonds. The lowest BCUT2D eigenvalue weighted by molar-refractivity contribution is -0.133. The molecule has 0 radical (unpaired) electrons. The van der Waals surface area contributed by atoms with Crippen LogP contribution in [0.25, 0.3) is 5.69 Å². The normalized spacial score (nSPS) is 10.2. The molecule has 0 spiro atoms. The van der Waals surface area contributed by atoms with E-state index in [4.69, 9.17) is 5.11 Å². The smallest absolute Gasteiger partial charge is 0.313 e. The van der Waals surface area contributed by atoms with Crippen molar-refractivity contribution < 1.29 is 9.90 Å². The maximum absolute atomic E-state index is 10.5. The molecule has 2 rings (SSSR count). The van der Waals surface area contributed by atoms with Crippen LogP contribution in [0, 0.1) is 0 Å². The van der Waals surface area contributed by atoms with Gasteiger partial charge < -0.3 is 9.67 Å². The number of nitrogens with zero attached hydrogens (tertiary/aromatic N) is 1. The molecular weight excluding hydrogens is 222 g/mol. The predicted molar refractivity (Wildman–Crippen MR) is 64.1 cm³/mol. The number of hydrogen-bond acceptors (Lipinski definition) is 2. The molecule has 0 aliphatic carbocycles. The standard InChI is InChI=1S/C12H11NO2S/c14-12(15)9-16-11-7-4-8-13(11)10-5-2-1-3-6-10/h1-8H,9H2,(H,14,15). The number of para-hydroxylation sites is 1. The molecule has 4 heteroatoms. The molecule has 1 aromatic heterocycles. The number of carbonyl (C=O) groups is 1. The molecule has 0 aliphatic rings. The number of thioether (sulfide) groups is 1. The van der Waals surface area contributed by atoms with E-state index < -0.39 is 5.97 Å². The van der Waals surface area contributed by atoms with Crippen LogP contribution in [-0.2, 0) is 4.79 Å². The fourth-order valence-electron chi connectivity index (χ4n) is 1.42. The van der Waals surface area contributed by atoms with Crippen LogP contribution in [0.3, 0.4) is 0 Å². The third-order valence-electron chi connectivity index (χ3n) is 2.09. The molecule has 16 heavy (non-hydrogen) atoms. The van der Waals surface area contributed by atoms with Gasteiger partial charge in [0, 0.05) is 11.9 Å². The summed E-state index contributed by atoms with van der Waals surface area (Å²) in [5, 5.41) is 9.58. The van der Waals surface area contributed by atoms with E-state index in [0.29, 0.717) is 0 Å².